The quantitative estimate of drug-likeness (QED) is 0.838. The molecule has 0 fully saturated rings. The molecule has 0 spiro atoms. The van der Waals surface area contributed by atoms with Crippen LogP contribution in [0.2, 0.25) is 0 Å². The van der Waals surface area contributed by atoms with Crippen LogP contribution in [0.3, 0.4) is 0 Å². The van der Waals surface area contributed by atoms with Gasteiger partial charge in [-0.15, -0.1) is 0 Å². The molecule has 3 nitrogen and oxygen atoms in total. The van der Waals surface area contributed by atoms with Crippen molar-refractivity contribution in [2.75, 3.05) is 12.4 Å². The van der Waals surface area contributed by atoms with Gasteiger partial charge in [0.15, 0.2) is 6.04 Å². The Balaban J connectivity index is 2.25. The van der Waals surface area contributed by atoms with Crippen LogP contribution in [0.15, 0.2) is 54.6 Å². The lowest BCUT2D eigenvalue weighted by molar-refractivity contribution is -0.141. The first kappa shape index (κ1) is 15.1. The Labute approximate surface area is 126 Å². The van der Waals surface area contributed by atoms with Gasteiger partial charge in [0.2, 0.25) is 0 Å². The molecule has 3 heteroatoms. The molecule has 21 heavy (non-hydrogen) atoms. The SMILES string of the molecule is COC(=O)C(Nc1ccccc1)c1ccc(C(C)C)cc1. The maximum atomic E-state index is 12.1. The van der Waals surface area contributed by atoms with Gasteiger partial charge in [-0.3, -0.25) is 0 Å². The minimum Gasteiger partial charge on any atom is -0.467 e. The van der Waals surface area contributed by atoms with E-state index in [4.69, 9.17) is 4.74 Å². The average molecular weight is 283 g/mol. The Kier molecular flexibility index (Phi) is 4.99. The van der Waals surface area contributed by atoms with Crippen LogP contribution in [0.1, 0.15) is 36.9 Å². The van der Waals surface area contributed by atoms with Crippen LogP contribution in [0.25, 0.3) is 0 Å². The second kappa shape index (κ2) is 6.93. The van der Waals surface area contributed by atoms with E-state index in [0.29, 0.717) is 5.92 Å². The number of benzene rings is 2. The van der Waals surface area contributed by atoms with Crippen molar-refractivity contribution in [1.82, 2.24) is 0 Å². The summed E-state index contributed by atoms with van der Waals surface area (Å²) in [6, 6.07) is 17.2. The molecule has 2 aromatic carbocycles. The average Bonchev–Trinajstić information content (AvgIpc) is 2.53. The molecule has 1 unspecified atom stereocenters. The van der Waals surface area contributed by atoms with Crippen molar-refractivity contribution in [3.63, 3.8) is 0 Å². The van der Waals surface area contributed by atoms with Crippen LogP contribution in [0, 0.1) is 0 Å². The maximum Gasteiger partial charge on any atom is 0.332 e. The van der Waals surface area contributed by atoms with Gasteiger partial charge in [-0.2, -0.15) is 0 Å². The van der Waals surface area contributed by atoms with E-state index in [1.165, 1.54) is 12.7 Å². The molecule has 0 aliphatic carbocycles. The molecule has 1 N–H and O–H groups in total. The molecule has 0 aliphatic heterocycles. The Morgan fingerprint density at radius 3 is 2.05 bits per heavy atom. The van der Waals surface area contributed by atoms with Gasteiger partial charge in [0.25, 0.3) is 0 Å². The maximum absolute atomic E-state index is 12.1. The van der Waals surface area contributed by atoms with Crippen LogP contribution < -0.4 is 5.32 Å². The molecule has 0 bridgehead atoms. The lowest BCUT2D eigenvalue weighted by Gasteiger charge is -2.18. The highest BCUT2D eigenvalue weighted by atomic mass is 16.5. The molecule has 0 aromatic heterocycles. The number of carbonyl (C=O) groups excluding carboxylic acids is 1. The molecular formula is C18H21NO2. The van der Waals surface area contributed by atoms with Crippen LogP contribution >= 0.6 is 0 Å². The third kappa shape index (κ3) is 3.85. The van der Waals surface area contributed by atoms with Gasteiger partial charge in [-0.25, -0.2) is 4.79 Å². The number of hydrogen-bond donors (Lipinski definition) is 1. The minimum absolute atomic E-state index is 0.295. The van der Waals surface area contributed by atoms with Gasteiger partial charge in [-0.1, -0.05) is 56.3 Å². The van der Waals surface area contributed by atoms with E-state index >= 15 is 0 Å². The number of nitrogens with one attached hydrogen (secondary N) is 1. The summed E-state index contributed by atoms with van der Waals surface area (Å²) < 4.78 is 4.92. The first-order valence-electron chi connectivity index (χ1n) is 7.11. The molecule has 110 valence electrons. The van der Waals surface area contributed by atoms with Crippen LogP contribution in [-0.4, -0.2) is 13.1 Å². The predicted octanol–water partition coefficient (Wildman–Crippen LogP) is 4.14. The second-order valence-corrected chi connectivity index (χ2v) is 5.29. The highest BCUT2D eigenvalue weighted by Crippen LogP contribution is 2.23. The molecule has 2 aromatic rings. The third-order valence-electron chi connectivity index (χ3n) is 3.46. The van der Waals surface area contributed by atoms with Crippen molar-refractivity contribution >= 4 is 11.7 Å². The van der Waals surface area contributed by atoms with Crippen molar-refractivity contribution < 1.29 is 9.53 Å². The smallest absolute Gasteiger partial charge is 0.332 e. The molecule has 0 radical (unpaired) electrons. The van der Waals surface area contributed by atoms with E-state index < -0.39 is 6.04 Å². The topological polar surface area (TPSA) is 38.3 Å². The summed E-state index contributed by atoms with van der Waals surface area (Å²) in [5.74, 6) is 0.175. The third-order valence-corrected chi connectivity index (χ3v) is 3.46. The molecular weight excluding hydrogens is 262 g/mol. The van der Waals surface area contributed by atoms with Crippen molar-refractivity contribution in [3.05, 3.63) is 65.7 Å². The van der Waals surface area contributed by atoms with E-state index in [0.717, 1.165) is 11.3 Å². The largest absolute Gasteiger partial charge is 0.467 e. The first-order chi connectivity index (χ1) is 10.1. The first-order valence-corrected chi connectivity index (χ1v) is 7.11. The van der Waals surface area contributed by atoms with E-state index in [2.05, 4.69) is 31.3 Å². The fraction of sp³-hybridized carbons (Fsp3) is 0.278. The highest BCUT2D eigenvalue weighted by molar-refractivity contribution is 5.81. The molecule has 0 heterocycles. The Hall–Kier alpha value is -2.29. The van der Waals surface area contributed by atoms with Crippen molar-refractivity contribution in [1.29, 1.82) is 0 Å². The summed E-state index contributed by atoms with van der Waals surface area (Å²) in [6.07, 6.45) is 0. The lowest BCUT2D eigenvalue weighted by Crippen LogP contribution is -2.22. The van der Waals surface area contributed by atoms with Gasteiger partial charge in [0, 0.05) is 5.69 Å². The summed E-state index contributed by atoms with van der Waals surface area (Å²) in [5, 5.41) is 3.22. The summed E-state index contributed by atoms with van der Waals surface area (Å²) >= 11 is 0. The van der Waals surface area contributed by atoms with E-state index in [1.807, 2.05) is 42.5 Å². The Morgan fingerprint density at radius 1 is 0.952 bits per heavy atom. The molecule has 0 saturated heterocycles. The van der Waals surface area contributed by atoms with Crippen LogP contribution in [-0.2, 0) is 9.53 Å². The van der Waals surface area contributed by atoms with Crippen molar-refractivity contribution in [2.45, 2.75) is 25.8 Å². The van der Waals surface area contributed by atoms with Gasteiger partial charge in [0.05, 0.1) is 7.11 Å². The predicted molar refractivity (Wildman–Crippen MR) is 85.4 cm³/mol. The Morgan fingerprint density at radius 2 is 1.52 bits per heavy atom. The monoisotopic (exact) mass is 283 g/mol. The van der Waals surface area contributed by atoms with Crippen LogP contribution in [0.4, 0.5) is 5.69 Å². The standard InChI is InChI=1S/C18H21NO2/c1-13(2)14-9-11-15(12-10-14)17(18(20)21-3)19-16-7-5-4-6-8-16/h4-13,17,19H,1-3H3. The minimum atomic E-state index is -0.501. The Bertz CT molecular complexity index is 576. The number of ether oxygens (including phenoxy) is 1. The molecule has 0 saturated carbocycles. The summed E-state index contributed by atoms with van der Waals surface area (Å²) in [6.45, 7) is 4.30. The summed E-state index contributed by atoms with van der Waals surface area (Å²) in [5.41, 5.74) is 3.04. The number of methoxy groups -OCH3 is 1. The number of anilines is 1. The van der Waals surface area contributed by atoms with Gasteiger partial charge < -0.3 is 10.1 Å². The van der Waals surface area contributed by atoms with E-state index in [-0.39, 0.29) is 5.97 Å². The zero-order valence-corrected chi connectivity index (χ0v) is 12.7. The zero-order chi connectivity index (χ0) is 15.2. The summed E-state index contributed by atoms with van der Waals surface area (Å²) in [7, 11) is 1.41. The van der Waals surface area contributed by atoms with E-state index in [1.54, 1.807) is 0 Å². The fourth-order valence-electron chi connectivity index (χ4n) is 2.17. The molecule has 0 aliphatic rings. The highest BCUT2D eigenvalue weighted by Gasteiger charge is 2.21. The van der Waals surface area contributed by atoms with Crippen LogP contribution in [0.5, 0.6) is 0 Å². The number of hydrogen-bond acceptors (Lipinski definition) is 3. The summed E-state index contributed by atoms with van der Waals surface area (Å²) in [4.78, 5) is 12.1. The fourth-order valence-corrected chi connectivity index (χ4v) is 2.17. The number of rotatable bonds is 5. The van der Waals surface area contributed by atoms with Gasteiger partial charge in [0.1, 0.15) is 0 Å². The zero-order valence-electron chi connectivity index (χ0n) is 12.7. The van der Waals surface area contributed by atoms with Gasteiger partial charge >= 0.3 is 5.97 Å². The second-order valence-electron chi connectivity index (χ2n) is 5.29. The molecule has 1 atom stereocenters. The molecule has 0 amide bonds. The van der Waals surface area contributed by atoms with Crippen molar-refractivity contribution in [3.8, 4) is 0 Å². The molecule has 2 rings (SSSR count). The lowest BCUT2D eigenvalue weighted by atomic mass is 9.99. The normalized spacial score (nSPS) is 12.0. The number of para-hydroxylation sites is 1. The van der Waals surface area contributed by atoms with Gasteiger partial charge in [-0.05, 0) is 29.2 Å². The number of esters is 1. The van der Waals surface area contributed by atoms with E-state index in [9.17, 15) is 4.79 Å². The van der Waals surface area contributed by atoms with Crippen molar-refractivity contribution in [2.24, 2.45) is 0 Å². The number of carbonyl (C=O) groups is 1.